The fourth-order valence-electron chi connectivity index (χ4n) is 2.20. The van der Waals surface area contributed by atoms with Crippen LogP contribution in [0, 0.1) is 17.1 Å². The molecule has 0 bridgehead atoms. The van der Waals surface area contributed by atoms with E-state index >= 15 is 0 Å². The maximum atomic E-state index is 13.3. The number of nitrogens with zero attached hydrogens (tertiary/aromatic N) is 2. The fourth-order valence-corrected chi connectivity index (χ4v) is 5.22. The van der Waals surface area contributed by atoms with Gasteiger partial charge in [-0.3, -0.25) is 4.21 Å². The van der Waals surface area contributed by atoms with E-state index in [1.54, 1.807) is 13.0 Å². The van der Waals surface area contributed by atoms with E-state index in [0.29, 0.717) is 12.2 Å². The zero-order valence-electron chi connectivity index (χ0n) is 11.5. The largest absolute Gasteiger partial charge is 0.260 e. The zero-order valence-corrected chi connectivity index (χ0v) is 13.1. The van der Waals surface area contributed by atoms with Gasteiger partial charge < -0.3 is 0 Å². The van der Waals surface area contributed by atoms with Crippen molar-refractivity contribution in [3.05, 3.63) is 29.6 Å². The van der Waals surface area contributed by atoms with Gasteiger partial charge in [0, 0.05) is 34.9 Å². The molecule has 1 aliphatic heterocycles. The molecular weight excluding hydrogens is 315 g/mol. The van der Waals surface area contributed by atoms with Crippen LogP contribution in [0.1, 0.15) is 18.9 Å². The van der Waals surface area contributed by atoms with E-state index in [0.717, 1.165) is 18.2 Å². The highest BCUT2D eigenvalue weighted by atomic mass is 32.2. The van der Waals surface area contributed by atoms with E-state index in [4.69, 9.17) is 5.26 Å². The molecule has 5 nitrogen and oxygen atoms in total. The monoisotopic (exact) mass is 330 g/mol. The van der Waals surface area contributed by atoms with Crippen LogP contribution in [-0.4, -0.2) is 41.0 Å². The number of sulfonamides is 1. The number of hydrogen-bond acceptors (Lipinski definition) is 4. The number of benzene rings is 1. The maximum Gasteiger partial charge on any atom is 0.243 e. The van der Waals surface area contributed by atoms with Gasteiger partial charge in [-0.1, -0.05) is 0 Å². The summed E-state index contributed by atoms with van der Waals surface area (Å²) in [6.45, 7) is 1.92. The second kappa shape index (κ2) is 6.22. The van der Waals surface area contributed by atoms with Gasteiger partial charge in [0.05, 0.1) is 10.5 Å². The van der Waals surface area contributed by atoms with E-state index in [2.05, 4.69) is 0 Å². The Morgan fingerprint density at radius 2 is 2.14 bits per heavy atom. The Balaban J connectivity index is 2.41. The molecule has 0 aliphatic carbocycles. The molecule has 2 rings (SSSR count). The first kappa shape index (κ1) is 16.1. The van der Waals surface area contributed by atoms with Crippen LogP contribution in [0.25, 0.3) is 0 Å². The number of halogens is 1. The predicted octanol–water partition coefficient (Wildman–Crippen LogP) is 1.23. The molecule has 0 radical (unpaired) electrons. The van der Waals surface area contributed by atoms with Gasteiger partial charge in [0.2, 0.25) is 10.0 Å². The van der Waals surface area contributed by atoms with E-state index in [1.807, 2.05) is 0 Å². The van der Waals surface area contributed by atoms with Gasteiger partial charge in [-0.25, -0.2) is 12.8 Å². The van der Waals surface area contributed by atoms with Gasteiger partial charge in [-0.2, -0.15) is 9.57 Å². The van der Waals surface area contributed by atoms with Crippen LogP contribution in [0.2, 0.25) is 0 Å². The van der Waals surface area contributed by atoms with Gasteiger partial charge in [-0.15, -0.1) is 0 Å². The first-order chi connectivity index (χ1) is 9.86. The van der Waals surface area contributed by atoms with E-state index in [-0.39, 0.29) is 28.8 Å². The molecule has 1 saturated heterocycles. The maximum absolute atomic E-state index is 13.3. The minimum absolute atomic E-state index is 0.111. The van der Waals surface area contributed by atoms with Crippen LogP contribution < -0.4 is 0 Å². The van der Waals surface area contributed by atoms with Crippen LogP contribution in [-0.2, 0) is 20.8 Å². The Labute approximate surface area is 125 Å². The predicted molar refractivity (Wildman–Crippen MR) is 77.0 cm³/mol. The van der Waals surface area contributed by atoms with Crippen molar-refractivity contribution in [1.82, 2.24) is 4.31 Å². The zero-order chi connectivity index (χ0) is 15.6. The molecular formula is C13H15FN2O3S2. The third-order valence-corrected chi connectivity index (χ3v) is 6.80. The second-order valence-corrected chi connectivity index (χ2v) is 8.44. The molecule has 0 saturated carbocycles. The molecule has 114 valence electrons. The molecule has 2 atom stereocenters. The molecule has 0 aromatic heterocycles. The molecule has 8 heteroatoms. The Morgan fingerprint density at radius 1 is 1.43 bits per heavy atom. The number of rotatable bonds is 2. The molecule has 0 amide bonds. The average molecular weight is 330 g/mol. The van der Waals surface area contributed by atoms with Crippen molar-refractivity contribution < 1.29 is 17.0 Å². The molecule has 1 heterocycles. The lowest BCUT2D eigenvalue weighted by Gasteiger charge is -2.25. The third kappa shape index (κ3) is 3.31. The van der Waals surface area contributed by atoms with Crippen molar-refractivity contribution in [2.24, 2.45) is 0 Å². The fraction of sp³-hybridized carbons (Fsp3) is 0.462. The van der Waals surface area contributed by atoms with Crippen LogP contribution in [0.4, 0.5) is 4.39 Å². The first-order valence-corrected chi connectivity index (χ1v) is 9.35. The SMILES string of the molecule is C[C@H]1CC[S@](=O)CCN1S(=O)(=O)c1ccc(F)c(C#N)c1. The molecule has 21 heavy (non-hydrogen) atoms. The summed E-state index contributed by atoms with van der Waals surface area (Å²) in [7, 11) is -4.84. The molecule has 1 aliphatic rings. The third-order valence-electron chi connectivity index (χ3n) is 3.46. The van der Waals surface area contributed by atoms with E-state index in [1.165, 1.54) is 4.31 Å². The lowest BCUT2D eigenvalue weighted by Crippen LogP contribution is -2.39. The van der Waals surface area contributed by atoms with Gasteiger partial charge in [0.25, 0.3) is 0 Å². The summed E-state index contributed by atoms with van der Waals surface area (Å²) in [5.74, 6) is 0.0112. The Kier molecular flexibility index (Phi) is 4.76. The van der Waals surface area contributed by atoms with Gasteiger partial charge in [0.15, 0.2) is 0 Å². The van der Waals surface area contributed by atoms with Crippen molar-refractivity contribution in [2.75, 3.05) is 18.1 Å². The van der Waals surface area contributed by atoms with Gasteiger partial charge in [0.1, 0.15) is 11.9 Å². The van der Waals surface area contributed by atoms with Gasteiger partial charge >= 0.3 is 0 Å². The Bertz CT molecular complexity index is 713. The van der Waals surface area contributed by atoms with Crippen LogP contribution in [0.3, 0.4) is 0 Å². The smallest absolute Gasteiger partial charge is 0.243 e. The highest BCUT2D eigenvalue weighted by molar-refractivity contribution is 7.89. The molecule has 1 fully saturated rings. The van der Waals surface area contributed by atoms with Crippen LogP contribution >= 0.6 is 0 Å². The molecule has 0 N–H and O–H groups in total. The van der Waals surface area contributed by atoms with E-state index < -0.39 is 26.6 Å². The molecule has 0 unspecified atom stereocenters. The van der Waals surface area contributed by atoms with Gasteiger partial charge in [-0.05, 0) is 31.5 Å². The highest BCUT2D eigenvalue weighted by Crippen LogP contribution is 2.23. The summed E-state index contributed by atoms with van der Waals surface area (Å²) in [5.41, 5.74) is -0.304. The lowest BCUT2D eigenvalue weighted by molar-refractivity contribution is 0.350. The van der Waals surface area contributed by atoms with Crippen molar-refractivity contribution in [3.63, 3.8) is 0 Å². The number of nitriles is 1. The standard InChI is InChI=1S/C13H15FN2O3S2/c1-10-4-6-20(17)7-5-16(10)21(18,19)12-2-3-13(14)11(8-12)9-15/h2-3,8,10H,4-7H2,1H3/t10-,20-/m0/s1. The topological polar surface area (TPSA) is 78.2 Å². The van der Waals surface area contributed by atoms with E-state index in [9.17, 15) is 17.0 Å². The molecule has 0 spiro atoms. The first-order valence-electron chi connectivity index (χ1n) is 6.42. The van der Waals surface area contributed by atoms with Crippen LogP contribution in [0.15, 0.2) is 23.1 Å². The quantitative estimate of drug-likeness (QED) is 0.817. The van der Waals surface area contributed by atoms with Crippen LogP contribution in [0.5, 0.6) is 0 Å². The lowest BCUT2D eigenvalue weighted by atomic mass is 10.2. The minimum atomic E-state index is -3.83. The van der Waals surface area contributed by atoms with Crippen molar-refractivity contribution in [3.8, 4) is 6.07 Å². The Hall–Kier alpha value is -1.30. The Morgan fingerprint density at radius 3 is 2.81 bits per heavy atom. The normalized spacial score (nSPS) is 24.2. The minimum Gasteiger partial charge on any atom is -0.260 e. The number of hydrogen-bond donors (Lipinski definition) is 0. The summed E-state index contributed by atoms with van der Waals surface area (Å²) in [5, 5.41) is 8.81. The molecule has 1 aromatic rings. The summed E-state index contributed by atoms with van der Waals surface area (Å²) in [6.07, 6.45) is 0.512. The average Bonchev–Trinajstić information content (AvgIpc) is 2.61. The van der Waals surface area contributed by atoms with Crippen molar-refractivity contribution in [1.29, 1.82) is 5.26 Å². The summed E-state index contributed by atoms with van der Waals surface area (Å²) in [4.78, 5) is -0.111. The summed E-state index contributed by atoms with van der Waals surface area (Å²) < 4.78 is 51.4. The summed E-state index contributed by atoms with van der Waals surface area (Å²) in [6, 6.07) is 4.53. The second-order valence-electron chi connectivity index (χ2n) is 4.85. The highest BCUT2D eigenvalue weighted by Gasteiger charge is 2.31. The van der Waals surface area contributed by atoms with Crippen molar-refractivity contribution >= 4 is 20.8 Å². The van der Waals surface area contributed by atoms with Crippen molar-refractivity contribution in [2.45, 2.75) is 24.3 Å². The molecule has 1 aromatic carbocycles. The summed E-state index contributed by atoms with van der Waals surface area (Å²) >= 11 is 0.